The number of hydrogen-bond donors (Lipinski definition) is 1. The summed E-state index contributed by atoms with van der Waals surface area (Å²) in [4.78, 5) is 0. The van der Waals surface area contributed by atoms with Crippen LogP contribution < -0.4 is 10.1 Å². The monoisotopic (exact) mass is 305 g/mol. The molecule has 4 rings (SSSR count). The van der Waals surface area contributed by atoms with Crippen molar-refractivity contribution in [2.45, 2.75) is 44.6 Å². The number of fused-ring (bicyclic) bond motifs is 2. The topological polar surface area (TPSA) is 21.3 Å². The zero-order valence-corrected chi connectivity index (χ0v) is 13.5. The van der Waals surface area contributed by atoms with E-state index >= 15 is 0 Å². The standard InChI is InChI=1S/C18H24ClNO/c1-20-16(17-14-4-2-3-5-15(14)17)10-12-9-13(19)8-11-6-7-21-18(11)12/h8-9,14-17,20H,2-7,10H2,1H3. The van der Waals surface area contributed by atoms with E-state index < -0.39 is 0 Å². The van der Waals surface area contributed by atoms with Crippen molar-refractivity contribution in [1.82, 2.24) is 5.32 Å². The minimum atomic E-state index is 0.574. The third-order valence-electron chi connectivity index (χ3n) is 5.82. The van der Waals surface area contributed by atoms with Crippen LogP contribution in [0, 0.1) is 17.8 Å². The van der Waals surface area contributed by atoms with Crippen molar-refractivity contribution in [3.63, 3.8) is 0 Å². The summed E-state index contributed by atoms with van der Waals surface area (Å²) in [7, 11) is 2.11. The van der Waals surface area contributed by atoms with E-state index in [2.05, 4.69) is 24.5 Å². The Morgan fingerprint density at radius 3 is 2.76 bits per heavy atom. The molecular weight excluding hydrogens is 282 g/mol. The molecule has 1 N–H and O–H groups in total. The lowest BCUT2D eigenvalue weighted by Crippen LogP contribution is -2.31. The van der Waals surface area contributed by atoms with Crippen LogP contribution in [0.3, 0.4) is 0 Å². The first-order valence-corrected chi connectivity index (χ1v) is 8.77. The molecule has 1 aromatic rings. The molecule has 3 heteroatoms. The molecule has 0 bridgehead atoms. The zero-order valence-electron chi connectivity index (χ0n) is 12.7. The normalized spacial score (nSPS) is 31.2. The highest BCUT2D eigenvalue weighted by Gasteiger charge is 2.53. The van der Waals surface area contributed by atoms with Crippen molar-refractivity contribution < 1.29 is 4.74 Å². The molecule has 2 fully saturated rings. The molecule has 1 aliphatic heterocycles. The van der Waals surface area contributed by atoms with Crippen molar-refractivity contribution in [3.05, 3.63) is 28.3 Å². The molecule has 3 unspecified atom stereocenters. The molecule has 0 saturated heterocycles. The summed E-state index contributed by atoms with van der Waals surface area (Å²) < 4.78 is 5.86. The average Bonchev–Trinajstić information content (AvgIpc) is 3.02. The van der Waals surface area contributed by atoms with Gasteiger partial charge in [0.25, 0.3) is 0 Å². The minimum Gasteiger partial charge on any atom is -0.493 e. The average molecular weight is 306 g/mol. The summed E-state index contributed by atoms with van der Waals surface area (Å²) in [6.07, 6.45) is 7.81. The van der Waals surface area contributed by atoms with Gasteiger partial charge >= 0.3 is 0 Å². The molecule has 0 aromatic heterocycles. The largest absolute Gasteiger partial charge is 0.493 e. The fraction of sp³-hybridized carbons (Fsp3) is 0.667. The quantitative estimate of drug-likeness (QED) is 0.912. The van der Waals surface area contributed by atoms with Gasteiger partial charge in [0.15, 0.2) is 0 Å². The Morgan fingerprint density at radius 2 is 2.05 bits per heavy atom. The molecule has 114 valence electrons. The van der Waals surface area contributed by atoms with Gasteiger partial charge in [0.1, 0.15) is 5.75 Å². The van der Waals surface area contributed by atoms with Crippen molar-refractivity contribution in [2.24, 2.45) is 17.8 Å². The van der Waals surface area contributed by atoms with Gasteiger partial charge in [0.2, 0.25) is 0 Å². The van der Waals surface area contributed by atoms with E-state index in [0.29, 0.717) is 6.04 Å². The van der Waals surface area contributed by atoms with Crippen LogP contribution in [0.1, 0.15) is 36.8 Å². The number of ether oxygens (including phenoxy) is 1. The third kappa shape index (κ3) is 2.47. The summed E-state index contributed by atoms with van der Waals surface area (Å²) in [6.45, 7) is 0.807. The first kappa shape index (κ1) is 13.9. The lowest BCUT2D eigenvalue weighted by molar-refractivity contribution is 0.350. The van der Waals surface area contributed by atoms with Crippen molar-refractivity contribution in [2.75, 3.05) is 13.7 Å². The molecule has 3 atom stereocenters. The number of hydrogen-bond acceptors (Lipinski definition) is 2. The van der Waals surface area contributed by atoms with Crippen LogP contribution in [0.4, 0.5) is 0 Å². The molecule has 2 aliphatic carbocycles. The van der Waals surface area contributed by atoms with Gasteiger partial charge < -0.3 is 10.1 Å². The van der Waals surface area contributed by atoms with Gasteiger partial charge in [-0.3, -0.25) is 0 Å². The molecule has 1 heterocycles. The fourth-order valence-electron chi connectivity index (χ4n) is 4.81. The van der Waals surface area contributed by atoms with Crippen LogP contribution in [0.15, 0.2) is 12.1 Å². The predicted octanol–water partition coefficient (Wildman–Crippen LogP) is 3.84. The Balaban J connectivity index is 1.55. The minimum absolute atomic E-state index is 0.574. The molecule has 0 radical (unpaired) electrons. The number of likely N-dealkylation sites (N-methyl/N-ethyl adjacent to an activating group) is 1. The highest BCUT2D eigenvalue weighted by molar-refractivity contribution is 6.30. The van der Waals surface area contributed by atoms with Gasteiger partial charge in [-0.05, 0) is 67.3 Å². The van der Waals surface area contributed by atoms with Crippen molar-refractivity contribution in [1.29, 1.82) is 0 Å². The van der Waals surface area contributed by atoms with E-state index in [1.54, 1.807) is 0 Å². The maximum Gasteiger partial charge on any atom is 0.125 e. The van der Waals surface area contributed by atoms with Gasteiger partial charge in [0.05, 0.1) is 6.61 Å². The molecular formula is C18H24ClNO. The smallest absolute Gasteiger partial charge is 0.125 e. The maximum atomic E-state index is 6.30. The van der Waals surface area contributed by atoms with Crippen LogP contribution in [-0.2, 0) is 12.8 Å². The van der Waals surface area contributed by atoms with Crippen LogP contribution in [0.5, 0.6) is 5.75 Å². The Labute approximate surface area is 132 Å². The Hall–Kier alpha value is -0.730. The maximum absolute atomic E-state index is 6.30. The van der Waals surface area contributed by atoms with Gasteiger partial charge in [0, 0.05) is 17.5 Å². The van der Waals surface area contributed by atoms with E-state index in [1.807, 2.05) is 0 Å². The van der Waals surface area contributed by atoms with Crippen molar-refractivity contribution >= 4 is 11.6 Å². The Bertz CT molecular complexity index is 532. The van der Waals surface area contributed by atoms with E-state index in [0.717, 1.165) is 48.0 Å². The lowest BCUT2D eigenvalue weighted by atomic mass is 9.97. The highest BCUT2D eigenvalue weighted by Crippen LogP contribution is 2.57. The van der Waals surface area contributed by atoms with E-state index in [9.17, 15) is 0 Å². The predicted molar refractivity (Wildman–Crippen MR) is 86.1 cm³/mol. The van der Waals surface area contributed by atoms with Gasteiger partial charge in [-0.1, -0.05) is 24.4 Å². The van der Waals surface area contributed by atoms with Gasteiger partial charge in [-0.15, -0.1) is 0 Å². The van der Waals surface area contributed by atoms with Gasteiger partial charge in [-0.2, -0.15) is 0 Å². The second kappa shape index (κ2) is 5.48. The third-order valence-corrected chi connectivity index (χ3v) is 6.04. The summed E-state index contributed by atoms with van der Waals surface area (Å²) in [5.74, 6) is 3.94. The second-order valence-corrected chi connectivity index (χ2v) is 7.38. The van der Waals surface area contributed by atoms with Crippen LogP contribution in [0.25, 0.3) is 0 Å². The second-order valence-electron chi connectivity index (χ2n) is 6.94. The summed E-state index contributed by atoms with van der Waals surface area (Å²) in [5, 5.41) is 4.44. The molecule has 2 saturated carbocycles. The summed E-state index contributed by atoms with van der Waals surface area (Å²) in [5.41, 5.74) is 2.60. The van der Waals surface area contributed by atoms with Crippen LogP contribution >= 0.6 is 11.6 Å². The number of halogens is 1. The Kier molecular flexibility index (Phi) is 3.63. The first-order valence-electron chi connectivity index (χ1n) is 8.39. The number of nitrogens with one attached hydrogen (secondary N) is 1. The van der Waals surface area contributed by atoms with Crippen LogP contribution in [-0.4, -0.2) is 19.7 Å². The highest BCUT2D eigenvalue weighted by atomic mass is 35.5. The molecule has 1 aromatic carbocycles. The fourth-order valence-corrected chi connectivity index (χ4v) is 5.07. The van der Waals surface area contributed by atoms with Gasteiger partial charge in [-0.25, -0.2) is 0 Å². The van der Waals surface area contributed by atoms with Crippen LogP contribution in [0.2, 0.25) is 5.02 Å². The molecule has 0 amide bonds. The van der Waals surface area contributed by atoms with Crippen molar-refractivity contribution in [3.8, 4) is 5.75 Å². The molecule has 0 spiro atoms. The van der Waals surface area contributed by atoms with E-state index in [4.69, 9.17) is 16.3 Å². The number of rotatable bonds is 4. The molecule has 2 nitrogen and oxygen atoms in total. The van der Waals surface area contributed by atoms with E-state index in [-0.39, 0.29) is 0 Å². The summed E-state index contributed by atoms with van der Waals surface area (Å²) >= 11 is 6.30. The zero-order chi connectivity index (χ0) is 14.4. The molecule has 21 heavy (non-hydrogen) atoms. The summed E-state index contributed by atoms with van der Waals surface area (Å²) in [6, 6.07) is 4.76. The Morgan fingerprint density at radius 1 is 1.29 bits per heavy atom. The SMILES string of the molecule is CNC(Cc1cc(Cl)cc2c1OCC2)C1C2CCCCC21. The number of benzene rings is 1. The van der Waals surface area contributed by atoms with E-state index in [1.165, 1.54) is 36.8 Å². The molecule has 3 aliphatic rings. The lowest BCUT2D eigenvalue weighted by Gasteiger charge is -2.18. The first-order chi connectivity index (χ1) is 10.3.